The van der Waals surface area contributed by atoms with Gasteiger partial charge in [-0.2, -0.15) is 0 Å². The van der Waals surface area contributed by atoms with E-state index in [0.29, 0.717) is 11.4 Å². The quantitative estimate of drug-likeness (QED) is 0.602. The molecule has 0 aromatic carbocycles. The molecule has 0 unspecified atom stereocenters. The van der Waals surface area contributed by atoms with E-state index >= 15 is 0 Å². The minimum Gasteiger partial charge on any atom is -0.491 e. The topological polar surface area (TPSA) is 85.7 Å². The first-order chi connectivity index (χ1) is 8.61. The number of aromatic nitrogens is 1. The van der Waals surface area contributed by atoms with Crippen LogP contribution in [0.4, 0.5) is 0 Å². The summed E-state index contributed by atoms with van der Waals surface area (Å²) in [6, 6.07) is 3.26. The Kier molecular flexibility index (Phi) is 5.37. The Hall–Kier alpha value is -2.37. The Morgan fingerprint density at radius 2 is 2.22 bits per heavy atom. The summed E-state index contributed by atoms with van der Waals surface area (Å²) in [5.41, 5.74) is 0.512. The lowest BCUT2D eigenvalue weighted by molar-refractivity contribution is -0.141. The van der Waals surface area contributed by atoms with E-state index in [9.17, 15) is 9.59 Å². The van der Waals surface area contributed by atoms with Crippen molar-refractivity contribution in [2.45, 2.75) is 6.42 Å². The maximum Gasteiger partial charge on any atom is 0.328 e. The molecule has 0 aliphatic heterocycles. The number of hydrogen-bond donors (Lipinski definition) is 1. The van der Waals surface area contributed by atoms with Crippen LogP contribution < -0.4 is 4.74 Å². The average molecular weight is 251 g/mol. The molecule has 0 aliphatic carbocycles. The maximum atomic E-state index is 10.8. The molecule has 0 bridgehead atoms. The van der Waals surface area contributed by atoms with Crippen LogP contribution in [0, 0.1) is 0 Å². The van der Waals surface area contributed by atoms with E-state index in [1.165, 1.54) is 19.4 Å². The number of esters is 1. The summed E-state index contributed by atoms with van der Waals surface area (Å²) < 4.78 is 9.72. The fraction of sp³-hybridized carbons (Fsp3) is 0.250. The zero-order valence-electron chi connectivity index (χ0n) is 9.83. The van der Waals surface area contributed by atoms with E-state index in [2.05, 4.69) is 9.72 Å². The number of carbonyl (C=O) groups excluding carboxylic acids is 1. The highest BCUT2D eigenvalue weighted by molar-refractivity contribution is 5.84. The molecule has 0 saturated carbocycles. The first-order valence-corrected chi connectivity index (χ1v) is 5.18. The van der Waals surface area contributed by atoms with Crippen molar-refractivity contribution in [1.82, 2.24) is 4.98 Å². The van der Waals surface area contributed by atoms with Crippen molar-refractivity contribution >= 4 is 18.0 Å². The molecule has 1 N–H and O–H groups in total. The lowest BCUT2D eigenvalue weighted by Crippen LogP contribution is -2.07. The number of rotatable bonds is 6. The molecular weight excluding hydrogens is 238 g/mol. The van der Waals surface area contributed by atoms with Gasteiger partial charge in [-0.1, -0.05) is 0 Å². The number of pyridine rings is 1. The lowest BCUT2D eigenvalue weighted by Gasteiger charge is -2.04. The van der Waals surface area contributed by atoms with E-state index in [4.69, 9.17) is 9.84 Å². The molecule has 1 aromatic heterocycles. The van der Waals surface area contributed by atoms with Gasteiger partial charge in [-0.25, -0.2) is 4.79 Å². The Labute approximate surface area is 104 Å². The smallest absolute Gasteiger partial charge is 0.328 e. The van der Waals surface area contributed by atoms with Crippen LogP contribution in [-0.4, -0.2) is 35.7 Å². The first kappa shape index (κ1) is 13.7. The van der Waals surface area contributed by atoms with Crippen molar-refractivity contribution in [2.24, 2.45) is 0 Å². The van der Waals surface area contributed by atoms with Gasteiger partial charge in [-0.15, -0.1) is 0 Å². The van der Waals surface area contributed by atoms with Crippen molar-refractivity contribution in [2.75, 3.05) is 13.7 Å². The van der Waals surface area contributed by atoms with Crippen molar-refractivity contribution in [3.8, 4) is 5.75 Å². The van der Waals surface area contributed by atoms with Crippen LogP contribution in [0.1, 0.15) is 12.1 Å². The second-order valence-corrected chi connectivity index (χ2v) is 3.26. The first-order valence-electron chi connectivity index (χ1n) is 5.18. The summed E-state index contributed by atoms with van der Waals surface area (Å²) in [5.74, 6) is -0.870. The molecule has 0 aliphatic rings. The van der Waals surface area contributed by atoms with Crippen molar-refractivity contribution in [3.63, 3.8) is 0 Å². The molecule has 6 heteroatoms. The van der Waals surface area contributed by atoms with E-state index in [1.807, 2.05) is 0 Å². The van der Waals surface area contributed by atoms with Gasteiger partial charge in [0.25, 0.3) is 0 Å². The van der Waals surface area contributed by atoms with E-state index in [-0.39, 0.29) is 19.0 Å². The Morgan fingerprint density at radius 1 is 1.44 bits per heavy atom. The molecule has 18 heavy (non-hydrogen) atoms. The van der Waals surface area contributed by atoms with E-state index < -0.39 is 5.97 Å². The number of ether oxygens (including phenoxy) is 2. The lowest BCUT2D eigenvalue weighted by atomic mass is 10.3. The Balaban J connectivity index is 2.45. The van der Waals surface area contributed by atoms with Crippen LogP contribution in [0.5, 0.6) is 5.75 Å². The number of carboxylic acid groups (broad SMARTS) is 1. The largest absolute Gasteiger partial charge is 0.491 e. The molecule has 1 heterocycles. The van der Waals surface area contributed by atoms with Gasteiger partial charge in [0.15, 0.2) is 0 Å². The molecule has 0 amide bonds. The molecule has 1 aromatic rings. The standard InChI is InChI=1S/C12H13NO5/c1-17-12(16)6-7-18-10-4-2-9(13-8-10)3-5-11(14)15/h2-5,8H,6-7H2,1H3,(H,14,15). The van der Waals surface area contributed by atoms with Crippen LogP contribution in [0.15, 0.2) is 24.4 Å². The molecule has 1 rings (SSSR count). The predicted molar refractivity (Wildman–Crippen MR) is 63.0 cm³/mol. The molecule has 0 atom stereocenters. The maximum absolute atomic E-state index is 10.8. The van der Waals surface area contributed by atoms with Crippen LogP contribution in [-0.2, 0) is 14.3 Å². The summed E-state index contributed by atoms with van der Waals surface area (Å²) in [6.45, 7) is 0.207. The zero-order valence-corrected chi connectivity index (χ0v) is 9.83. The van der Waals surface area contributed by atoms with Crippen molar-refractivity contribution in [1.29, 1.82) is 0 Å². The third kappa shape index (κ3) is 5.11. The fourth-order valence-corrected chi connectivity index (χ4v) is 1.09. The van der Waals surface area contributed by atoms with Crippen molar-refractivity contribution < 1.29 is 24.2 Å². The Bertz CT molecular complexity index is 438. The number of methoxy groups -OCH3 is 1. The highest BCUT2D eigenvalue weighted by Gasteiger charge is 2.01. The summed E-state index contributed by atoms with van der Waals surface area (Å²) in [4.78, 5) is 25.1. The Morgan fingerprint density at radius 3 is 2.78 bits per heavy atom. The third-order valence-electron chi connectivity index (χ3n) is 1.96. The average Bonchev–Trinajstić information content (AvgIpc) is 2.37. The van der Waals surface area contributed by atoms with E-state index in [1.54, 1.807) is 12.1 Å². The second kappa shape index (κ2) is 7.05. The van der Waals surface area contributed by atoms with Crippen LogP contribution in [0.25, 0.3) is 6.08 Å². The third-order valence-corrected chi connectivity index (χ3v) is 1.96. The van der Waals surface area contributed by atoms with Gasteiger partial charge in [0.1, 0.15) is 5.75 Å². The van der Waals surface area contributed by atoms with Crippen LogP contribution in [0.2, 0.25) is 0 Å². The molecule has 0 spiro atoms. The number of nitrogens with zero attached hydrogens (tertiary/aromatic N) is 1. The minimum atomic E-state index is -1.03. The van der Waals surface area contributed by atoms with Gasteiger partial charge in [0.05, 0.1) is 32.0 Å². The monoisotopic (exact) mass is 251 g/mol. The zero-order chi connectivity index (χ0) is 13.4. The summed E-state index contributed by atoms with van der Waals surface area (Å²) in [5, 5.41) is 8.44. The molecule has 0 radical (unpaired) electrons. The molecule has 6 nitrogen and oxygen atoms in total. The van der Waals surface area contributed by atoms with Gasteiger partial charge in [-0.05, 0) is 18.2 Å². The summed E-state index contributed by atoms with van der Waals surface area (Å²) >= 11 is 0. The highest BCUT2D eigenvalue weighted by atomic mass is 16.5. The highest BCUT2D eigenvalue weighted by Crippen LogP contribution is 2.10. The van der Waals surface area contributed by atoms with Crippen LogP contribution in [0.3, 0.4) is 0 Å². The van der Waals surface area contributed by atoms with E-state index in [0.717, 1.165) is 6.08 Å². The number of hydrogen-bond acceptors (Lipinski definition) is 5. The molecule has 96 valence electrons. The van der Waals surface area contributed by atoms with Gasteiger partial charge in [0.2, 0.25) is 0 Å². The summed E-state index contributed by atoms with van der Waals surface area (Å²) in [6.07, 6.45) is 4.00. The summed E-state index contributed by atoms with van der Waals surface area (Å²) in [7, 11) is 1.31. The number of carbonyl (C=O) groups is 2. The molecule has 0 fully saturated rings. The predicted octanol–water partition coefficient (Wildman–Crippen LogP) is 1.12. The van der Waals surface area contributed by atoms with Gasteiger partial charge in [0, 0.05) is 6.08 Å². The SMILES string of the molecule is COC(=O)CCOc1ccc(C=CC(=O)O)nc1. The van der Waals surface area contributed by atoms with Gasteiger partial charge >= 0.3 is 11.9 Å². The molecular formula is C12H13NO5. The van der Waals surface area contributed by atoms with Crippen molar-refractivity contribution in [3.05, 3.63) is 30.1 Å². The molecule has 0 saturated heterocycles. The van der Waals surface area contributed by atoms with Gasteiger partial charge in [-0.3, -0.25) is 9.78 Å². The fourth-order valence-electron chi connectivity index (χ4n) is 1.09. The number of aliphatic carboxylic acids is 1. The number of carboxylic acids is 1. The van der Waals surface area contributed by atoms with Gasteiger partial charge < -0.3 is 14.6 Å². The normalized spacial score (nSPS) is 10.3. The second-order valence-electron chi connectivity index (χ2n) is 3.26. The minimum absolute atomic E-state index is 0.164. The van der Waals surface area contributed by atoms with Crippen LogP contribution >= 0.6 is 0 Å².